The number of amides is 1. The van der Waals surface area contributed by atoms with E-state index in [0.29, 0.717) is 13.0 Å². The van der Waals surface area contributed by atoms with E-state index in [1.54, 1.807) is 0 Å². The Labute approximate surface area is 155 Å². The van der Waals surface area contributed by atoms with Gasteiger partial charge in [0.05, 0.1) is 24.7 Å². The van der Waals surface area contributed by atoms with Crippen molar-refractivity contribution in [3.05, 3.63) is 0 Å². The molecule has 0 aromatic rings. The van der Waals surface area contributed by atoms with E-state index in [0.717, 1.165) is 19.4 Å². The molecule has 1 amide bonds. The lowest BCUT2D eigenvalue weighted by molar-refractivity contribution is -0.129. The number of aliphatic hydroxyl groups is 1. The fourth-order valence-electron chi connectivity index (χ4n) is 3.08. The van der Waals surface area contributed by atoms with Gasteiger partial charge in [-0.2, -0.15) is 0 Å². The van der Waals surface area contributed by atoms with Crippen LogP contribution in [0, 0.1) is 16.2 Å². The first-order valence-corrected chi connectivity index (χ1v) is 9.75. The Morgan fingerprint density at radius 1 is 1.08 bits per heavy atom. The molecule has 25 heavy (non-hydrogen) atoms. The first kappa shape index (κ1) is 22.4. The van der Waals surface area contributed by atoms with Gasteiger partial charge in [-0.15, -0.1) is 0 Å². The maximum atomic E-state index is 12.2. The average Bonchev–Trinajstić information content (AvgIpc) is 2.74. The molecule has 1 fully saturated rings. The minimum Gasteiger partial charge on any atom is -0.393 e. The van der Waals surface area contributed by atoms with Crippen LogP contribution in [0.1, 0.15) is 81.6 Å². The molecule has 4 heteroatoms. The monoisotopic (exact) mass is 355 g/mol. The number of rotatable bonds is 8. The van der Waals surface area contributed by atoms with Crippen molar-refractivity contribution in [3.8, 4) is 0 Å². The molecular formula is C21H41NO3. The van der Waals surface area contributed by atoms with Crippen LogP contribution in [0.4, 0.5) is 0 Å². The van der Waals surface area contributed by atoms with Crippen molar-refractivity contribution in [2.45, 2.75) is 99.9 Å². The fraction of sp³-hybridized carbons (Fsp3) is 0.952. The summed E-state index contributed by atoms with van der Waals surface area (Å²) >= 11 is 0. The zero-order valence-corrected chi connectivity index (χ0v) is 18.0. The predicted molar refractivity (Wildman–Crippen MR) is 103 cm³/mol. The molecule has 1 heterocycles. The third-order valence-corrected chi connectivity index (χ3v) is 5.89. The Hall–Kier alpha value is -0.610. The first-order valence-electron chi connectivity index (χ1n) is 9.75. The van der Waals surface area contributed by atoms with E-state index in [1.807, 2.05) is 11.8 Å². The van der Waals surface area contributed by atoms with Gasteiger partial charge in [-0.3, -0.25) is 4.79 Å². The van der Waals surface area contributed by atoms with Crippen LogP contribution in [-0.4, -0.2) is 47.3 Å². The second-order valence-corrected chi connectivity index (χ2v) is 10.6. The van der Waals surface area contributed by atoms with Crippen LogP contribution in [0.5, 0.6) is 0 Å². The number of ether oxygens (including phenoxy) is 1. The molecule has 1 rings (SSSR count). The highest BCUT2D eigenvalue weighted by Crippen LogP contribution is 2.37. The summed E-state index contributed by atoms with van der Waals surface area (Å²) in [5, 5.41) is 9.92. The molecule has 1 aliphatic heterocycles. The summed E-state index contributed by atoms with van der Waals surface area (Å²) in [7, 11) is 0. The summed E-state index contributed by atoms with van der Waals surface area (Å²) in [6.45, 7) is 20.6. The van der Waals surface area contributed by atoms with Crippen LogP contribution in [0.3, 0.4) is 0 Å². The molecule has 1 saturated heterocycles. The summed E-state index contributed by atoms with van der Waals surface area (Å²) in [4.78, 5) is 14.2. The SMILES string of the molecule is C[C@H](O)C(C)(C)CCC(C)(C)[C@@H](C)OC1CC(=O)N(CC(C)(C)C)C1. The van der Waals surface area contributed by atoms with E-state index in [9.17, 15) is 9.90 Å². The number of carbonyl (C=O) groups is 1. The molecule has 0 aromatic carbocycles. The molecule has 1 unspecified atom stereocenters. The van der Waals surface area contributed by atoms with Crippen molar-refractivity contribution in [2.24, 2.45) is 16.2 Å². The Kier molecular flexibility index (Phi) is 7.14. The standard InChI is InChI=1S/C21H41NO3/c1-15(23)20(6,7)10-11-21(8,9)16(2)25-17-12-18(24)22(13-17)14-19(3,4)5/h15-17,23H,10-14H2,1-9H3/t15-,16+,17?/m0/s1. The summed E-state index contributed by atoms with van der Waals surface area (Å²) in [6, 6.07) is 0. The zero-order chi connectivity index (χ0) is 19.6. The highest BCUT2D eigenvalue weighted by Gasteiger charge is 2.37. The molecule has 0 aromatic heterocycles. The van der Waals surface area contributed by atoms with Gasteiger partial charge in [0.25, 0.3) is 0 Å². The number of likely N-dealkylation sites (tertiary alicyclic amines) is 1. The van der Waals surface area contributed by atoms with Crippen LogP contribution in [-0.2, 0) is 9.53 Å². The normalized spacial score (nSPS) is 22.4. The van der Waals surface area contributed by atoms with Gasteiger partial charge < -0.3 is 14.7 Å². The highest BCUT2D eigenvalue weighted by molar-refractivity contribution is 5.79. The van der Waals surface area contributed by atoms with E-state index in [4.69, 9.17) is 4.74 Å². The summed E-state index contributed by atoms with van der Waals surface area (Å²) in [5.41, 5.74) is 0.0263. The molecule has 0 radical (unpaired) electrons. The lowest BCUT2D eigenvalue weighted by atomic mass is 9.74. The van der Waals surface area contributed by atoms with Crippen LogP contribution < -0.4 is 0 Å². The minimum absolute atomic E-state index is 0.00565. The maximum absolute atomic E-state index is 12.2. The highest BCUT2D eigenvalue weighted by atomic mass is 16.5. The lowest BCUT2D eigenvalue weighted by Crippen LogP contribution is -2.37. The number of hydrogen-bond acceptors (Lipinski definition) is 3. The Morgan fingerprint density at radius 2 is 1.60 bits per heavy atom. The third-order valence-electron chi connectivity index (χ3n) is 5.89. The van der Waals surface area contributed by atoms with Gasteiger partial charge in [0.1, 0.15) is 0 Å². The van der Waals surface area contributed by atoms with Crippen LogP contribution in [0.25, 0.3) is 0 Å². The summed E-state index contributed by atoms with van der Waals surface area (Å²) in [5.74, 6) is 0.208. The van der Waals surface area contributed by atoms with Gasteiger partial charge in [0.15, 0.2) is 0 Å². The van der Waals surface area contributed by atoms with Crippen molar-refractivity contribution in [2.75, 3.05) is 13.1 Å². The molecular weight excluding hydrogens is 314 g/mol. The van der Waals surface area contributed by atoms with Gasteiger partial charge in [-0.1, -0.05) is 48.5 Å². The molecule has 0 aliphatic carbocycles. The Balaban J connectivity index is 2.57. The van der Waals surface area contributed by atoms with Crippen LogP contribution in [0.2, 0.25) is 0 Å². The first-order chi connectivity index (χ1) is 11.1. The van der Waals surface area contributed by atoms with Crippen LogP contribution >= 0.6 is 0 Å². The average molecular weight is 356 g/mol. The predicted octanol–water partition coefficient (Wildman–Crippen LogP) is 4.25. The van der Waals surface area contributed by atoms with Crippen molar-refractivity contribution >= 4 is 5.91 Å². The minimum atomic E-state index is -0.321. The number of hydrogen-bond donors (Lipinski definition) is 1. The van der Waals surface area contributed by atoms with Crippen molar-refractivity contribution in [3.63, 3.8) is 0 Å². The molecule has 0 saturated carbocycles. The molecule has 1 aliphatic rings. The topological polar surface area (TPSA) is 49.8 Å². The quantitative estimate of drug-likeness (QED) is 0.708. The molecule has 3 atom stereocenters. The molecule has 0 bridgehead atoms. The van der Waals surface area contributed by atoms with Crippen LogP contribution in [0.15, 0.2) is 0 Å². The Morgan fingerprint density at radius 3 is 2.08 bits per heavy atom. The maximum Gasteiger partial charge on any atom is 0.225 e. The summed E-state index contributed by atoms with van der Waals surface area (Å²) < 4.78 is 6.29. The fourth-order valence-corrected chi connectivity index (χ4v) is 3.08. The van der Waals surface area contributed by atoms with E-state index in [1.165, 1.54) is 0 Å². The zero-order valence-electron chi connectivity index (χ0n) is 18.0. The smallest absolute Gasteiger partial charge is 0.225 e. The Bertz CT molecular complexity index is 449. The van der Waals surface area contributed by atoms with Crippen molar-refractivity contribution in [1.82, 2.24) is 4.90 Å². The van der Waals surface area contributed by atoms with Crippen molar-refractivity contribution < 1.29 is 14.6 Å². The van der Waals surface area contributed by atoms with E-state index >= 15 is 0 Å². The second-order valence-electron chi connectivity index (χ2n) is 10.6. The van der Waals surface area contributed by atoms with Gasteiger partial charge >= 0.3 is 0 Å². The van der Waals surface area contributed by atoms with Gasteiger partial charge in [0.2, 0.25) is 5.91 Å². The van der Waals surface area contributed by atoms with Gasteiger partial charge in [-0.25, -0.2) is 0 Å². The largest absolute Gasteiger partial charge is 0.393 e. The van der Waals surface area contributed by atoms with E-state index in [-0.39, 0.29) is 40.5 Å². The number of nitrogens with zero attached hydrogens (tertiary/aromatic N) is 1. The van der Waals surface area contributed by atoms with E-state index in [2.05, 4.69) is 55.4 Å². The van der Waals surface area contributed by atoms with Gasteiger partial charge in [-0.05, 0) is 42.9 Å². The molecule has 4 nitrogen and oxygen atoms in total. The molecule has 1 N–H and O–H groups in total. The number of carbonyl (C=O) groups excluding carboxylic acids is 1. The molecule has 148 valence electrons. The molecule has 0 spiro atoms. The van der Waals surface area contributed by atoms with Crippen molar-refractivity contribution in [1.29, 1.82) is 0 Å². The summed E-state index contributed by atoms with van der Waals surface area (Å²) in [6.07, 6.45) is 2.18. The second kappa shape index (κ2) is 7.96. The lowest BCUT2D eigenvalue weighted by Gasteiger charge is -2.37. The van der Waals surface area contributed by atoms with E-state index < -0.39 is 0 Å². The number of aliphatic hydroxyl groups excluding tert-OH is 1. The van der Waals surface area contributed by atoms with Gasteiger partial charge in [0, 0.05) is 13.1 Å². The third kappa shape index (κ3) is 6.90.